The Hall–Kier alpha value is -3.90. The van der Waals surface area contributed by atoms with Gasteiger partial charge in [-0.25, -0.2) is 0 Å². The fourth-order valence-electron chi connectivity index (χ4n) is 4.82. The lowest BCUT2D eigenvalue weighted by molar-refractivity contribution is 0.800. The van der Waals surface area contributed by atoms with Crippen LogP contribution >= 0.6 is 0 Å². The maximum Gasteiger partial charge on any atom is -0.0177 e. The first-order chi connectivity index (χ1) is 16.2. The molecule has 33 heavy (non-hydrogen) atoms. The third-order valence-electron chi connectivity index (χ3n) is 6.70. The largest absolute Gasteiger partial charge is 0.0761 e. The molecule has 0 fully saturated rings. The summed E-state index contributed by atoms with van der Waals surface area (Å²) in [5, 5.41) is 7.82. The van der Waals surface area contributed by atoms with Gasteiger partial charge in [-0.05, 0) is 90.8 Å². The Kier molecular flexibility index (Phi) is 4.92. The minimum atomic E-state index is 0.633. The number of benzene rings is 5. The van der Waals surface area contributed by atoms with Gasteiger partial charge in [-0.3, -0.25) is 0 Å². The Morgan fingerprint density at radius 2 is 1.18 bits per heavy atom. The molecule has 0 nitrogen and oxygen atoms in total. The van der Waals surface area contributed by atoms with Crippen molar-refractivity contribution in [3.8, 4) is 11.1 Å². The Morgan fingerprint density at radius 3 is 2.00 bits per heavy atom. The van der Waals surface area contributed by atoms with E-state index >= 15 is 0 Å². The maximum absolute atomic E-state index is 2.38. The van der Waals surface area contributed by atoms with Crippen LogP contribution in [0.4, 0.5) is 0 Å². The van der Waals surface area contributed by atoms with Gasteiger partial charge in [-0.1, -0.05) is 104 Å². The zero-order valence-corrected chi connectivity index (χ0v) is 18.8. The van der Waals surface area contributed by atoms with Crippen LogP contribution in [0, 0.1) is 5.92 Å². The van der Waals surface area contributed by atoms with Crippen molar-refractivity contribution in [3.05, 3.63) is 119 Å². The smallest absolute Gasteiger partial charge is 0.0177 e. The first kappa shape index (κ1) is 19.8. The van der Waals surface area contributed by atoms with Crippen LogP contribution in [0.2, 0.25) is 0 Å². The molecule has 0 saturated carbocycles. The van der Waals surface area contributed by atoms with Crippen LogP contribution in [0.5, 0.6) is 0 Å². The molecular weight excluding hydrogens is 396 g/mol. The highest BCUT2D eigenvalue weighted by Crippen LogP contribution is 2.25. The Labute approximate surface area is 194 Å². The van der Waals surface area contributed by atoms with E-state index in [9.17, 15) is 0 Å². The molecule has 0 spiro atoms. The molecule has 0 saturated heterocycles. The third kappa shape index (κ3) is 4.01. The van der Waals surface area contributed by atoms with Crippen molar-refractivity contribution in [3.63, 3.8) is 0 Å². The average molecular weight is 423 g/mol. The van der Waals surface area contributed by atoms with Gasteiger partial charge in [-0.2, -0.15) is 0 Å². The predicted octanol–water partition coefficient (Wildman–Crippen LogP) is 7.43. The highest BCUT2D eigenvalue weighted by Gasteiger charge is 2.05. The van der Waals surface area contributed by atoms with Crippen molar-refractivity contribution in [2.75, 3.05) is 0 Å². The van der Waals surface area contributed by atoms with Crippen molar-refractivity contribution in [1.82, 2.24) is 0 Å². The molecule has 0 radical (unpaired) electrons. The molecule has 1 unspecified atom stereocenters. The van der Waals surface area contributed by atoms with Gasteiger partial charge in [0.1, 0.15) is 0 Å². The monoisotopic (exact) mass is 422 g/mol. The third-order valence-corrected chi connectivity index (χ3v) is 6.70. The van der Waals surface area contributed by atoms with Crippen LogP contribution in [0.3, 0.4) is 0 Å². The van der Waals surface area contributed by atoms with E-state index in [0.717, 1.165) is 6.42 Å². The first-order valence-electron chi connectivity index (χ1n) is 11.7. The summed E-state index contributed by atoms with van der Waals surface area (Å²) in [4.78, 5) is 0. The molecule has 5 aromatic carbocycles. The van der Waals surface area contributed by atoms with Gasteiger partial charge in [0.2, 0.25) is 0 Å². The molecule has 0 heteroatoms. The second kappa shape index (κ2) is 8.22. The Balaban J connectivity index is 1.30. The highest BCUT2D eigenvalue weighted by atomic mass is 14.1. The lowest BCUT2D eigenvalue weighted by atomic mass is 9.95. The van der Waals surface area contributed by atoms with Crippen molar-refractivity contribution in [2.24, 2.45) is 5.92 Å². The molecule has 1 aliphatic rings. The summed E-state index contributed by atoms with van der Waals surface area (Å²) in [5.41, 5.74) is 5.00. The molecule has 0 bridgehead atoms. The van der Waals surface area contributed by atoms with Crippen molar-refractivity contribution in [2.45, 2.75) is 13.3 Å². The van der Waals surface area contributed by atoms with E-state index in [2.05, 4.69) is 128 Å². The minimum Gasteiger partial charge on any atom is -0.0761 e. The van der Waals surface area contributed by atoms with Gasteiger partial charge in [0.05, 0.1) is 0 Å². The average Bonchev–Trinajstić information content (AvgIpc) is 2.86. The molecule has 1 atom stereocenters. The fourth-order valence-corrected chi connectivity index (χ4v) is 4.82. The van der Waals surface area contributed by atoms with Crippen LogP contribution in [-0.4, -0.2) is 0 Å². The summed E-state index contributed by atoms with van der Waals surface area (Å²) in [6.45, 7) is 2.28. The van der Waals surface area contributed by atoms with Crippen molar-refractivity contribution < 1.29 is 0 Å². The van der Waals surface area contributed by atoms with E-state index in [4.69, 9.17) is 0 Å². The van der Waals surface area contributed by atoms with Crippen LogP contribution in [0.25, 0.3) is 57.0 Å². The molecule has 6 rings (SSSR count). The summed E-state index contributed by atoms with van der Waals surface area (Å²) in [6, 6.07) is 35.5. The van der Waals surface area contributed by atoms with Crippen molar-refractivity contribution in [1.29, 1.82) is 0 Å². The van der Waals surface area contributed by atoms with E-state index in [0.29, 0.717) is 5.92 Å². The number of hydrogen-bond acceptors (Lipinski definition) is 0. The van der Waals surface area contributed by atoms with Gasteiger partial charge >= 0.3 is 0 Å². The summed E-state index contributed by atoms with van der Waals surface area (Å²) in [5.74, 6) is 0.633. The first-order valence-corrected chi connectivity index (χ1v) is 11.7. The van der Waals surface area contributed by atoms with Gasteiger partial charge in [0.25, 0.3) is 0 Å². The number of rotatable bonds is 3. The zero-order chi connectivity index (χ0) is 22.2. The van der Waals surface area contributed by atoms with E-state index in [1.165, 1.54) is 54.2 Å². The molecule has 0 aliphatic heterocycles. The van der Waals surface area contributed by atoms with Crippen LogP contribution in [0.15, 0.2) is 97.1 Å². The molecule has 0 N–H and O–H groups in total. The fraction of sp³-hybridized carbons (Fsp3) is 0.0909. The van der Waals surface area contributed by atoms with Crippen LogP contribution in [-0.2, 0) is 0 Å². The van der Waals surface area contributed by atoms with E-state index < -0.39 is 0 Å². The minimum absolute atomic E-state index is 0.633. The van der Waals surface area contributed by atoms with Gasteiger partial charge in [-0.15, -0.1) is 0 Å². The molecule has 158 valence electrons. The highest BCUT2D eigenvalue weighted by molar-refractivity contribution is 5.90. The summed E-state index contributed by atoms with van der Waals surface area (Å²) in [7, 11) is 0. The Morgan fingerprint density at radius 1 is 0.576 bits per heavy atom. The molecular formula is C33H26. The van der Waals surface area contributed by atoms with Crippen LogP contribution < -0.4 is 10.4 Å². The second-order valence-corrected chi connectivity index (χ2v) is 9.19. The van der Waals surface area contributed by atoms with Crippen molar-refractivity contribution >= 4 is 45.8 Å². The second-order valence-electron chi connectivity index (χ2n) is 9.19. The van der Waals surface area contributed by atoms with Crippen LogP contribution in [0.1, 0.15) is 24.5 Å². The predicted molar refractivity (Wildman–Crippen MR) is 144 cm³/mol. The zero-order valence-electron chi connectivity index (χ0n) is 18.8. The standard InChI is InChI=1S/C33H26/c1-23-6-11-30-21-32(16-14-28(30)18-23)33-17-15-29-20-25(10-13-31(29)22-33)8-7-24-9-12-26-4-2-3-5-27(26)19-24/h2-5,7-23H,6H2,1H3/b8-7+. The quantitative estimate of drug-likeness (QED) is 0.265. The molecule has 0 aromatic heterocycles. The van der Waals surface area contributed by atoms with E-state index in [-0.39, 0.29) is 0 Å². The van der Waals surface area contributed by atoms with Gasteiger partial charge in [0, 0.05) is 0 Å². The summed E-state index contributed by atoms with van der Waals surface area (Å²) >= 11 is 0. The number of fused-ring (bicyclic) bond motifs is 3. The molecule has 0 amide bonds. The van der Waals surface area contributed by atoms with Gasteiger partial charge in [0.15, 0.2) is 0 Å². The lowest BCUT2D eigenvalue weighted by Crippen LogP contribution is -2.28. The molecule has 1 aliphatic carbocycles. The number of hydrogen-bond donors (Lipinski definition) is 0. The summed E-state index contributed by atoms with van der Waals surface area (Å²) < 4.78 is 0. The SMILES string of the molecule is CC1C=c2ccc(-c3ccc4cc(/C=C/c5ccc6ccccc6c5)ccc4c3)cc2=CC1. The lowest BCUT2D eigenvalue weighted by Gasteiger charge is -2.10. The Bertz CT molecular complexity index is 1650. The normalized spacial score (nSPS) is 15.4. The van der Waals surface area contributed by atoms with Gasteiger partial charge < -0.3 is 0 Å². The molecule has 5 aromatic rings. The van der Waals surface area contributed by atoms with E-state index in [1.807, 2.05) is 0 Å². The molecule has 0 heterocycles. The van der Waals surface area contributed by atoms with E-state index in [1.54, 1.807) is 0 Å². The maximum atomic E-state index is 2.38. The summed E-state index contributed by atoms with van der Waals surface area (Å²) in [6.07, 6.45) is 10.3. The topological polar surface area (TPSA) is 0 Å².